The predicted octanol–water partition coefficient (Wildman–Crippen LogP) is 2.66. The van der Waals surface area contributed by atoms with Gasteiger partial charge in [-0.15, -0.1) is 11.3 Å². The molecule has 0 atom stereocenters. The second kappa shape index (κ2) is 5.82. The van der Waals surface area contributed by atoms with Crippen molar-refractivity contribution in [3.05, 3.63) is 16.0 Å². The summed E-state index contributed by atoms with van der Waals surface area (Å²) in [5.41, 5.74) is 7.02. The molecule has 0 bridgehead atoms. The first-order valence-corrected chi connectivity index (χ1v) is 6.43. The van der Waals surface area contributed by atoms with Crippen LogP contribution in [0, 0.1) is 0 Å². The van der Waals surface area contributed by atoms with Crippen LogP contribution in [0.25, 0.3) is 0 Å². The van der Waals surface area contributed by atoms with Crippen molar-refractivity contribution in [1.29, 1.82) is 0 Å². The quantitative estimate of drug-likeness (QED) is 0.648. The lowest BCUT2D eigenvalue weighted by molar-refractivity contribution is 0.0531. The normalized spacial score (nSPS) is 10.3. The largest absolute Gasteiger partial charge is 0.462 e. The van der Waals surface area contributed by atoms with Gasteiger partial charge in [0.1, 0.15) is 4.88 Å². The summed E-state index contributed by atoms with van der Waals surface area (Å²) in [7, 11) is 0. The minimum Gasteiger partial charge on any atom is -0.462 e. The standard InChI is InChI=1S/C12H17NO3S/c1-4-6-8-9(7(3)14)11(13)17-10(8)12(15)16-5-2/h4-6,13H2,1-3H3. The van der Waals surface area contributed by atoms with E-state index in [0.717, 1.165) is 23.3 Å². The summed E-state index contributed by atoms with van der Waals surface area (Å²) in [5.74, 6) is -0.488. The molecule has 94 valence electrons. The number of nitrogen functional groups attached to an aromatic ring is 1. The van der Waals surface area contributed by atoms with Crippen LogP contribution in [0.4, 0.5) is 5.00 Å². The molecular formula is C12H17NO3S. The fourth-order valence-electron chi connectivity index (χ4n) is 1.72. The molecule has 0 aromatic carbocycles. The Morgan fingerprint density at radius 1 is 1.35 bits per heavy atom. The zero-order chi connectivity index (χ0) is 13.0. The van der Waals surface area contributed by atoms with Gasteiger partial charge in [0.2, 0.25) is 0 Å². The lowest BCUT2D eigenvalue weighted by Crippen LogP contribution is -2.07. The third-order valence-corrected chi connectivity index (χ3v) is 3.39. The van der Waals surface area contributed by atoms with Crippen molar-refractivity contribution >= 4 is 28.1 Å². The van der Waals surface area contributed by atoms with Crippen LogP contribution in [0.1, 0.15) is 52.8 Å². The fraction of sp³-hybridized carbons (Fsp3) is 0.500. The number of carbonyl (C=O) groups is 2. The highest BCUT2D eigenvalue weighted by molar-refractivity contribution is 7.18. The van der Waals surface area contributed by atoms with Crippen molar-refractivity contribution in [3.63, 3.8) is 0 Å². The summed E-state index contributed by atoms with van der Waals surface area (Å²) in [6, 6.07) is 0. The number of nitrogens with two attached hydrogens (primary N) is 1. The van der Waals surface area contributed by atoms with E-state index in [0.29, 0.717) is 28.5 Å². The summed E-state index contributed by atoms with van der Waals surface area (Å²) < 4.78 is 4.97. The second-order valence-electron chi connectivity index (χ2n) is 3.68. The Morgan fingerprint density at radius 3 is 2.47 bits per heavy atom. The van der Waals surface area contributed by atoms with E-state index in [1.165, 1.54) is 6.92 Å². The summed E-state index contributed by atoms with van der Waals surface area (Å²) in [4.78, 5) is 23.7. The SMILES string of the molecule is CCCc1c(C(=O)OCC)sc(N)c1C(C)=O. The average molecular weight is 255 g/mol. The summed E-state index contributed by atoms with van der Waals surface area (Å²) in [5, 5.41) is 0.406. The molecule has 5 heteroatoms. The van der Waals surface area contributed by atoms with Crippen LogP contribution in [0.3, 0.4) is 0 Å². The Bertz CT molecular complexity index is 437. The van der Waals surface area contributed by atoms with Gasteiger partial charge in [0, 0.05) is 0 Å². The molecule has 0 aliphatic rings. The van der Waals surface area contributed by atoms with E-state index in [1.807, 2.05) is 6.92 Å². The number of thiophene rings is 1. The van der Waals surface area contributed by atoms with Crippen LogP contribution in [-0.4, -0.2) is 18.4 Å². The smallest absolute Gasteiger partial charge is 0.348 e. The first kappa shape index (κ1) is 13.7. The molecule has 2 N–H and O–H groups in total. The molecule has 0 amide bonds. The van der Waals surface area contributed by atoms with Crippen LogP contribution in [0.2, 0.25) is 0 Å². The van der Waals surface area contributed by atoms with Gasteiger partial charge < -0.3 is 10.5 Å². The number of hydrogen-bond donors (Lipinski definition) is 1. The van der Waals surface area contributed by atoms with E-state index in [9.17, 15) is 9.59 Å². The highest BCUT2D eigenvalue weighted by Gasteiger charge is 2.23. The maximum atomic E-state index is 11.7. The summed E-state index contributed by atoms with van der Waals surface area (Å²) >= 11 is 1.14. The molecule has 1 aromatic rings. The number of carbonyl (C=O) groups excluding carboxylic acids is 2. The number of rotatable bonds is 5. The third-order valence-electron chi connectivity index (χ3n) is 2.35. The molecule has 4 nitrogen and oxygen atoms in total. The molecule has 1 heterocycles. The van der Waals surface area contributed by atoms with Crippen molar-refractivity contribution in [1.82, 2.24) is 0 Å². The molecule has 0 aliphatic heterocycles. The predicted molar refractivity (Wildman–Crippen MR) is 68.7 cm³/mol. The molecule has 17 heavy (non-hydrogen) atoms. The van der Waals surface area contributed by atoms with Gasteiger partial charge in [-0.05, 0) is 25.8 Å². The lowest BCUT2D eigenvalue weighted by atomic mass is 10.0. The Labute approximate surface area is 105 Å². The molecule has 1 rings (SSSR count). The van der Waals surface area contributed by atoms with Crippen molar-refractivity contribution in [3.8, 4) is 0 Å². The molecule has 0 unspecified atom stereocenters. The van der Waals surface area contributed by atoms with Crippen LogP contribution in [-0.2, 0) is 11.2 Å². The minimum atomic E-state index is -0.389. The zero-order valence-corrected chi connectivity index (χ0v) is 11.1. The number of ether oxygens (including phenoxy) is 1. The highest BCUT2D eigenvalue weighted by Crippen LogP contribution is 2.33. The first-order valence-electron chi connectivity index (χ1n) is 5.62. The Kier molecular flexibility index (Phi) is 4.69. The van der Waals surface area contributed by atoms with Crippen LogP contribution in [0.5, 0.6) is 0 Å². The number of hydrogen-bond acceptors (Lipinski definition) is 5. The second-order valence-corrected chi connectivity index (χ2v) is 4.73. The Balaban J connectivity index is 3.25. The average Bonchev–Trinajstić information content (AvgIpc) is 2.56. The highest BCUT2D eigenvalue weighted by atomic mass is 32.1. The molecule has 0 radical (unpaired) electrons. The molecule has 1 aromatic heterocycles. The van der Waals surface area contributed by atoms with Crippen molar-refractivity contribution in [2.75, 3.05) is 12.3 Å². The van der Waals surface area contributed by atoms with E-state index < -0.39 is 0 Å². The maximum absolute atomic E-state index is 11.7. The monoisotopic (exact) mass is 255 g/mol. The van der Waals surface area contributed by atoms with Crippen LogP contribution in [0.15, 0.2) is 0 Å². The third kappa shape index (κ3) is 2.85. The Morgan fingerprint density at radius 2 is 2.00 bits per heavy atom. The number of anilines is 1. The molecule has 0 fully saturated rings. The van der Waals surface area contributed by atoms with Gasteiger partial charge in [0.25, 0.3) is 0 Å². The van der Waals surface area contributed by atoms with E-state index >= 15 is 0 Å². The fourth-order valence-corrected chi connectivity index (χ4v) is 2.78. The number of ketones is 1. The number of esters is 1. The number of Topliss-reactive ketones (excluding diaryl/α,β-unsaturated/α-hetero) is 1. The summed E-state index contributed by atoms with van der Waals surface area (Å²) in [6.07, 6.45) is 1.51. The van der Waals surface area contributed by atoms with Gasteiger partial charge in [-0.25, -0.2) is 4.79 Å². The maximum Gasteiger partial charge on any atom is 0.348 e. The minimum absolute atomic E-state index is 0.0993. The van der Waals surface area contributed by atoms with Gasteiger partial charge in [0.05, 0.1) is 17.2 Å². The zero-order valence-electron chi connectivity index (χ0n) is 10.3. The molecule has 0 saturated carbocycles. The van der Waals surface area contributed by atoms with Gasteiger partial charge >= 0.3 is 5.97 Å². The topological polar surface area (TPSA) is 69.4 Å². The van der Waals surface area contributed by atoms with Gasteiger partial charge in [-0.2, -0.15) is 0 Å². The first-order chi connectivity index (χ1) is 8.02. The van der Waals surface area contributed by atoms with Crippen LogP contribution < -0.4 is 5.73 Å². The molecular weight excluding hydrogens is 238 g/mol. The van der Waals surface area contributed by atoms with E-state index in [-0.39, 0.29) is 11.8 Å². The van der Waals surface area contributed by atoms with Crippen molar-refractivity contribution in [2.45, 2.75) is 33.6 Å². The lowest BCUT2D eigenvalue weighted by Gasteiger charge is -2.04. The van der Waals surface area contributed by atoms with Gasteiger partial charge in [-0.1, -0.05) is 13.3 Å². The van der Waals surface area contributed by atoms with E-state index in [1.54, 1.807) is 6.92 Å². The molecule has 0 spiro atoms. The Hall–Kier alpha value is -1.36. The van der Waals surface area contributed by atoms with Gasteiger partial charge in [-0.3, -0.25) is 4.79 Å². The molecule has 0 saturated heterocycles. The van der Waals surface area contributed by atoms with Crippen LogP contribution >= 0.6 is 11.3 Å². The van der Waals surface area contributed by atoms with E-state index in [4.69, 9.17) is 10.5 Å². The molecule has 0 aliphatic carbocycles. The van der Waals surface area contributed by atoms with Crippen molar-refractivity contribution in [2.24, 2.45) is 0 Å². The van der Waals surface area contributed by atoms with Gasteiger partial charge in [0.15, 0.2) is 5.78 Å². The van der Waals surface area contributed by atoms with E-state index in [2.05, 4.69) is 0 Å². The summed E-state index contributed by atoms with van der Waals surface area (Å²) in [6.45, 7) is 5.52. The van der Waals surface area contributed by atoms with Crippen molar-refractivity contribution < 1.29 is 14.3 Å².